The van der Waals surface area contributed by atoms with Crippen LogP contribution in [0.3, 0.4) is 0 Å². The van der Waals surface area contributed by atoms with E-state index in [1.54, 1.807) is 0 Å². The number of rotatable bonds is 14. The first-order valence-corrected chi connectivity index (χ1v) is 8.63. The fourth-order valence-corrected chi connectivity index (χ4v) is 2.36. The van der Waals surface area contributed by atoms with E-state index in [1.807, 2.05) is 0 Å². The first kappa shape index (κ1) is 21.8. The fraction of sp³-hybridized carbons (Fsp3) is 1.00. The van der Waals surface area contributed by atoms with E-state index in [-0.39, 0.29) is 16.8 Å². The molecule has 0 rings (SSSR count). The van der Waals surface area contributed by atoms with Gasteiger partial charge in [-0.1, -0.05) is 65.2 Å². The minimum atomic E-state index is -1.88. The normalized spacial score (nSPS) is 10.2. The number of unbranched alkanes of at least 4 members (excludes halogenated alkanes) is 8. The molecule has 5 heteroatoms. The molecule has 0 aliphatic heterocycles. The molecule has 0 aromatic heterocycles. The summed E-state index contributed by atoms with van der Waals surface area (Å²) in [4.78, 5) is 0. The Morgan fingerprint density at radius 3 is 1.42 bits per heavy atom. The van der Waals surface area contributed by atoms with Gasteiger partial charge in [-0.05, 0) is 12.8 Å². The minimum absolute atomic E-state index is 0. The summed E-state index contributed by atoms with van der Waals surface area (Å²) in [5.74, 6) is 0. The molecule has 0 aliphatic carbocycles. The molecule has 0 aliphatic rings. The topological polar surface area (TPSA) is 35.5 Å². The van der Waals surface area contributed by atoms with Gasteiger partial charge in [0, 0.05) is 4.57 Å². The summed E-state index contributed by atoms with van der Waals surface area (Å²) in [7, 11) is -1.88. The summed E-state index contributed by atoms with van der Waals surface area (Å²) in [5, 5.41) is 0. The van der Waals surface area contributed by atoms with Gasteiger partial charge in [0.2, 0.25) is 0 Å². The van der Waals surface area contributed by atoms with E-state index in [0.717, 1.165) is 25.7 Å². The zero-order chi connectivity index (χ0) is 13.5. The molecular weight excluding hydrogens is 306 g/mol. The molecule has 0 atom stereocenters. The SMILES string of the molecule is CCCCCCCO[P+](=O)OCCCCCCC.[Co+3]. The van der Waals surface area contributed by atoms with Crippen molar-refractivity contribution in [2.45, 2.75) is 78.1 Å². The molecule has 0 saturated carbocycles. The Morgan fingerprint density at radius 1 is 0.684 bits per heavy atom. The van der Waals surface area contributed by atoms with Crippen molar-refractivity contribution in [1.82, 2.24) is 0 Å². The summed E-state index contributed by atoms with van der Waals surface area (Å²) >= 11 is 0. The van der Waals surface area contributed by atoms with Crippen molar-refractivity contribution in [2.75, 3.05) is 13.2 Å². The first-order chi connectivity index (χ1) is 8.81. The van der Waals surface area contributed by atoms with E-state index in [2.05, 4.69) is 13.8 Å². The van der Waals surface area contributed by atoms with Gasteiger partial charge < -0.3 is 0 Å². The average molecular weight is 336 g/mol. The van der Waals surface area contributed by atoms with E-state index in [0.29, 0.717) is 13.2 Å². The van der Waals surface area contributed by atoms with Gasteiger partial charge in [0.1, 0.15) is 13.2 Å². The minimum Gasteiger partial charge on any atom is -0.119 e. The quantitative estimate of drug-likeness (QED) is 0.305. The Labute approximate surface area is 130 Å². The maximum Gasteiger partial charge on any atom is 3.00 e. The Bertz CT molecular complexity index is 174. The summed E-state index contributed by atoms with van der Waals surface area (Å²) in [5.41, 5.74) is 0. The third-order valence-corrected chi connectivity index (χ3v) is 3.68. The van der Waals surface area contributed by atoms with Gasteiger partial charge in [-0.2, -0.15) is 0 Å². The molecule has 114 valence electrons. The molecule has 0 aromatic rings. The second kappa shape index (κ2) is 18.5. The molecule has 3 nitrogen and oxygen atoms in total. The van der Waals surface area contributed by atoms with Gasteiger partial charge in [-0.3, -0.25) is 0 Å². The smallest absolute Gasteiger partial charge is 0.119 e. The Morgan fingerprint density at radius 2 is 1.05 bits per heavy atom. The maximum atomic E-state index is 11.3. The van der Waals surface area contributed by atoms with Crippen molar-refractivity contribution in [2.24, 2.45) is 0 Å². The molecule has 0 radical (unpaired) electrons. The predicted octanol–water partition coefficient (Wildman–Crippen LogP) is 5.62. The maximum absolute atomic E-state index is 11.3. The van der Waals surface area contributed by atoms with Crippen LogP contribution in [-0.2, 0) is 30.4 Å². The molecule has 0 N–H and O–H groups in total. The standard InChI is InChI=1S/C14H30O3P.Co/c1-3-5-7-9-11-13-16-18(15)17-14-12-10-8-6-4-2;/h3-14H2,1-2H3;/q+1;+3. The van der Waals surface area contributed by atoms with Crippen LogP contribution in [0.1, 0.15) is 78.1 Å². The van der Waals surface area contributed by atoms with Crippen LogP contribution in [0, 0.1) is 0 Å². The molecule has 0 spiro atoms. The van der Waals surface area contributed by atoms with Crippen LogP contribution in [0.5, 0.6) is 0 Å². The van der Waals surface area contributed by atoms with E-state index < -0.39 is 8.25 Å². The average Bonchev–Trinajstić information content (AvgIpc) is 2.38. The second-order valence-electron chi connectivity index (χ2n) is 4.72. The fourth-order valence-electron chi connectivity index (χ4n) is 1.73. The van der Waals surface area contributed by atoms with E-state index in [4.69, 9.17) is 9.05 Å². The molecule has 0 unspecified atom stereocenters. The van der Waals surface area contributed by atoms with Gasteiger partial charge in [0.05, 0.1) is 0 Å². The molecule has 0 saturated heterocycles. The molecular formula is C14H30CoO3P+4. The van der Waals surface area contributed by atoms with Crippen molar-refractivity contribution in [3.05, 3.63) is 0 Å². The third kappa shape index (κ3) is 18.5. The molecule has 19 heavy (non-hydrogen) atoms. The Hall–Kier alpha value is 0.526. The van der Waals surface area contributed by atoms with Crippen LogP contribution in [0.2, 0.25) is 0 Å². The van der Waals surface area contributed by atoms with Crippen molar-refractivity contribution >= 4 is 8.25 Å². The van der Waals surface area contributed by atoms with E-state index >= 15 is 0 Å². The Balaban J connectivity index is 0. The van der Waals surface area contributed by atoms with Gasteiger partial charge in [-0.25, -0.2) is 0 Å². The summed E-state index contributed by atoms with van der Waals surface area (Å²) < 4.78 is 21.6. The van der Waals surface area contributed by atoms with Gasteiger partial charge >= 0.3 is 25.0 Å². The van der Waals surface area contributed by atoms with Crippen LogP contribution < -0.4 is 0 Å². The third-order valence-electron chi connectivity index (χ3n) is 2.89. The zero-order valence-electron chi connectivity index (χ0n) is 12.5. The molecule has 0 bridgehead atoms. The van der Waals surface area contributed by atoms with Gasteiger partial charge in [0.25, 0.3) is 0 Å². The summed E-state index contributed by atoms with van der Waals surface area (Å²) in [6.07, 6.45) is 11.8. The monoisotopic (exact) mass is 336 g/mol. The summed E-state index contributed by atoms with van der Waals surface area (Å²) in [6.45, 7) is 5.52. The Kier molecular flexibility index (Phi) is 21.3. The molecule has 0 fully saturated rings. The van der Waals surface area contributed by atoms with Crippen LogP contribution in [-0.4, -0.2) is 13.2 Å². The first-order valence-electron chi connectivity index (χ1n) is 7.54. The van der Waals surface area contributed by atoms with Crippen LogP contribution >= 0.6 is 8.25 Å². The van der Waals surface area contributed by atoms with Crippen molar-refractivity contribution < 1.29 is 30.4 Å². The van der Waals surface area contributed by atoms with Crippen molar-refractivity contribution in [3.8, 4) is 0 Å². The van der Waals surface area contributed by atoms with Gasteiger partial charge in [-0.15, -0.1) is 9.05 Å². The van der Waals surface area contributed by atoms with E-state index in [1.165, 1.54) is 38.5 Å². The predicted molar refractivity (Wildman–Crippen MR) is 77.0 cm³/mol. The molecule has 0 amide bonds. The number of hydrogen-bond donors (Lipinski definition) is 0. The second-order valence-corrected chi connectivity index (χ2v) is 5.68. The van der Waals surface area contributed by atoms with E-state index in [9.17, 15) is 4.57 Å². The number of hydrogen-bond acceptors (Lipinski definition) is 3. The van der Waals surface area contributed by atoms with Crippen LogP contribution in [0.25, 0.3) is 0 Å². The largest absolute Gasteiger partial charge is 3.00 e. The molecule has 0 aromatic carbocycles. The van der Waals surface area contributed by atoms with Crippen molar-refractivity contribution in [1.29, 1.82) is 0 Å². The van der Waals surface area contributed by atoms with Crippen LogP contribution in [0.4, 0.5) is 0 Å². The summed E-state index contributed by atoms with van der Waals surface area (Å²) in [6, 6.07) is 0. The van der Waals surface area contributed by atoms with Gasteiger partial charge in [0.15, 0.2) is 0 Å². The zero-order valence-corrected chi connectivity index (χ0v) is 14.4. The molecule has 0 heterocycles. The van der Waals surface area contributed by atoms with Crippen molar-refractivity contribution in [3.63, 3.8) is 0 Å². The van der Waals surface area contributed by atoms with Crippen LogP contribution in [0.15, 0.2) is 0 Å².